The van der Waals surface area contributed by atoms with Crippen molar-refractivity contribution in [1.29, 1.82) is 0 Å². The minimum absolute atomic E-state index is 0.00467. The molecule has 8 heteroatoms. The van der Waals surface area contributed by atoms with Crippen LogP contribution in [0.3, 0.4) is 0 Å². The molecule has 3 rings (SSSR count). The average Bonchev–Trinajstić information content (AvgIpc) is 3.34. The number of carbonyl (C=O) groups excluding carboxylic acids is 1. The topological polar surface area (TPSA) is 84.5 Å². The SMILES string of the molecule is CONS(=O)(=O)c1ccc(C(=O)N[C@H]2C[C@@H]2c2cccc(F)c2)cc1. The Morgan fingerprint density at radius 1 is 1.20 bits per heavy atom. The fourth-order valence-corrected chi connectivity index (χ4v) is 3.47. The third kappa shape index (κ3) is 4.04. The van der Waals surface area contributed by atoms with E-state index in [0.29, 0.717) is 5.56 Å². The van der Waals surface area contributed by atoms with Gasteiger partial charge in [-0.2, -0.15) is 0 Å². The number of nitrogens with one attached hydrogen (secondary N) is 2. The summed E-state index contributed by atoms with van der Waals surface area (Å²) in [6.07, 6.45) is 0.749. The lowest BCUT2D eigenvalue weighted by molar-refractivity contribution is 0.0950. The number of sulfonamides is 1. The highest BCUT2D eigenvalue weighted by atomic mass is 32.2. The molecule has 132 valence electrons. The van der Waals surface area contributed by atoms with Crippen molar-refractivity contribution in [1.82, 2.24) is 10.2 Å². The molecule has 0 bridgehead atoms. The lowest BCUT2D eigenvalue weighted by Crippen LogP contribution is -2.27. The van der Waals surface area contributed by atoms with Crippen LogP contribution in [0.4, 0.5) is 4.39 Å². The molecule has 0 heterocycles. The molecule has 25 heavy (non-hydrogen) atoms. The minimum Gasteiger partial charge on any atom is -0.349 e. The van der Waals surface area contributed by atoms with E-state index in [2.05, 4.69) is 10.2 Å². The van der Waals surface area contributed by atoms with E-state index in [-0.39, 0.29) is 28.6 Å². The molecule has 2 aromatic rings. The molecular formula is C17H17FN2O4S. The summed E-state index contributed by atoms with van der Waals surface area (Å²) in [6.45, 7) is 0. The molecule has 2 N–H and O–H groups in total. The van der Waals surface area contributed by atoms with Gasteiger partial charge in [0, 0.05) is 17.5 Å². The first-order valence-corrected chi connectivity index (χ1v) is 9.10. The van der Waals surface area contributed by atoms with E-state index in [0.717, 1.165) is 12.0 Å². The van der Waals surface area contributed by atoms with Crippen molar-refractivity contribution in [2.75, 3.05) is 7.11 Å². The second-order valence-electron chi connectivity index (χ2n) is 5.79. The molecule has 0 spiro atoms. The van der Waals surface area contributed by atoms with E-state index in [1.54, 1.807) is 6.07 Å². The predicted octanol–water partition coefficient (Wildman–Crippen LogP) is 1.95. The summed E-state index contributed by atoms with van der Waals surface area (Å²) in [5, 5.41) is 2.87. The summed E-state index contributed by atoms with van der Waals surface area (Å²) in [5.74, 6) is -0.492. The van der Waals surface area contributed by atoms with Crippen molar-refractivity contribution in [2.45, 2.75) is 23.3 Å². The molecule has 1 saturated carbocycles. The second-order valence-corrected chi connectivity index (χ2v) is 7.44. The molecule has 1 amide bonds. The Morgan fingerprint density at radius 3 is 2.56 bits per heavy atom. The zero-order chi connectivity index (χ0) is 18.0. The third-order valence-corrected chi connectivity index (χ3v) is 5.28. The van der Waals surface area contributed by atoms with Crippen LogP contribution in [0.15, 0.2) is 53.4 Å². The van der Waals surface area contributed by atoms with Gasteiger partial charge in [-0.15, -0.1) is 0 Å². The summed E-state index contributed by atoms with van der Waals surface area (Å²) >= 11 is 0. The van der Waals surface area contributed by atoms with Gasteiger partial charge in [0.25, 0.3) is 15.9 Å². The molecule has 0 unspecified atom stereocenters. The van der Waals surface area contributed by atoms with Gasteiger partial charge in [-0.3, -0.25) is 9.63 Å². The van der Waals surface area contributed by atoms with E-state index >= 15 is 0 Å². The van der Waals surface area contributed by atoms with Crippen LogP contribution in [-0.4, -0.2) is 27.5 Å². The zero-order valence-electron chi connectivity index (χ0n) is 13.4. The number of hydrogen-bond donors (Lipinski definition) is 2. The fraction of sp³-hybridized carbons (Fsp3) is 0.235. The Hall–Kier alpha value is -2.29. The Labute approximate surface area is 145 Å². The summed E-state index contributed by atoms with van der Waals surface area (Å²) in [6, 6.07) is 11.8. The van der Waals surface area contributed by atoms with Crippen LogP contribution in [0.2, 0.25) is 0 Å². The standard InChI is InChI=1S/C17H17FN2O4S/c1-24-20-25(22,23)14-7-5-11(6-8-14)17(21)19-16-10-15(16)12-3-2-4-13(18)9-12/h2-9,15-16,20H,10H2,1H3,(H,19,21)/t15-,16+/m1/s1. The van der Waals surface area contributed by atoms with Crippen LogP contribution in [0.25, 0.3) is 0 Å². The van der Waals surface area contributed by atoms with Crippen LogP contribution >= 0.6 is 0 Å². The largest absolute Gasteiger partial charge is 0.349 e. The Morgan fingerprint density at radius 2 is 1.92 bits per heavy atom. The summed E-state index contributed by atoms with van der Waals surface area (Å²) in [7, 11) is -2.55. The van der Waals surface area contributed by atoms with Gasteiger partial charge >= 0.3 is 0 Å². The van der Waals surface area contributed by atoms with Gasteiger partial charge in [0.05, 0.1) is 12.0 Å². The van der Waals surface area contributed by atoms with Crippen LogP contribution in [0.1, 0.15) is 28.3 Å². The first kappa shape index (κ1) is 17.5. The van der Waals surface area contributed by atoms with E-state index in [9.17, 15) is 17.6 Å². The molecule has 6 nitrogen and oxygen atoms in total. The van der Waals surface area contributed by atoms with E-state index in [1.165, 1.54) is 43.5 Å². The quantitative estimate of drug-likeness (QED) is 0.768. The van der Waals surface area contributed by atoms with Crippen molar-refractivity contribution in [2.24, 2.45) is 0 Å². The normalized spacial score (nSPS) is 19.4. The van der Waals surface area contributed by atoms with Crippen molar-refractivity contribution in [3.63, 3.8) is 0 Å². The van der Waals surface area contributed by atoms with Crippen molar-refractivity contribution in [3.05, 3.63) is 65.5 Å². The monoisotopic (exact) mass is 364 g/mol. The van der Waals surface area contributed by atoms with Gasteiger partial charge in [0.1, 0.15) is 5.82 Å². The summed E-state index contributed by atoms with van der Waals surface area (Å²) in [5.41, 5.74) is 1.21. The van der Waals surface area contributed by atoms with E-state index in [4.69, 9.17) is 0 Å². The molecule has 2 aromatic carbocycles. The number of amides is 1. The maximum atomic E-state index is 13.2. The molecule has 0 aromatic heterocycles. The van der Waals surface area contributed by atoms with Crippen molar-refractivity contribution < 1.29 is 22.4 Å². The van der Waals surface area contributed by atoms with E-state index in [1.807, 2.05) is 11.0 Å². The Bertz CT molecular complexity index is 884. The number of benzene rings is 2. The Kier molecular flexibility index (Phi) is 4.85. The molecule has 0 radical (unpaired) electrons. The first-order valence-electron chi connectivity index (χ1n) is 7.62. The number of rotatable bonds is 6. The highest BCUT2D eigenvalue weighted by molar-refractivity contribution is 7.89. The molecule has 1 fully saturated rings. The smallest absolute Gasteiger partial charge is 0.262 e. The molecular weight excluding hydrogens is 347 g/mol. The van der Waals surface area contributed by atoms with Crippen molar-refractivity contribution in [3.8, 4) is 0 Å². The van der Waals surface area contributed by atoms with Gasteiger partial charge < -0.3 is 5.32 Å². The lowest BCUT2D eigenvalue weighted by atomic mass is 10.1. The number of hydrogen-bond acceptors (Lipinski definition) is 4. The van der Waals surface area contributed by atoms with Gasteiger partial charge in [0.15, 0.2) is 0 Å². The molecule has 1 aliphatic rings. The molecule has 0 saturated heterocycles. The maximum Gasteiger partial charge on any atom is 0.262 e. The van der Waals surface area contributed by atoms with Gasteiger partial charge in [-0.05, 0) is 48.4 Å². The van der Waals surface area contributed by atoms with Crippen LogP contribution in [-0.2, 0) is 14.9 Å². The number of carbonyl (C=O) groups is 1. The van der Waals surface area contributed by atoms with Crippen LogP contribution in [0, 0.1) is 5.82 Å². The fourth-order valence-electron chi connectivity index (χ4n) is 2.66. The van der Waals surface area contributed by atoms with Crippen molar-refractivity contribution >= 4 is 15.9 Å². The lowest BCUT2D eigenvalue weighted by Gasteiger charge is -2.07. The molecule has 2 atom stereocenters. The second kappa shape index (κ2) is 6.91. The van der Waals surface area contributed by atoms with Gasteiger partial charge in [0.2, 0.25) is 0 Å². The molecule has 0 aliphatic heterocycles. The highest BCUT2D eigenvalue weighted by Crippen LogP contribution is 2.41. The summed E-state index contributed by atoms with van der Waals surface area (Å²) < 4.78 is 36.8. The summed E-state index contributed by atoms with van der Waals surface area (Å²) in [4.78, 5) is 18.6. The third-order valence-electron chi connectivity index (χ3n) is 4.00. The zero-order valence-corrected chi connectivity index (χ0v) is 14.2. The predicted molar refractivity (Wildman–Crippen MR) is 88.8 cm³/mol. The van der Waals surface area contributed by atoms with Gasteiger partial charge in [-0.25, -0.2) is 12.8 Å². The highest BCUT2D eigenvalue weighted by Gasteiger charge is 2.39. The Balaban J connectivity index is 1.63. The van der Waals surface area contributed by atoms with Gasteiger partial charge in [-0.1, -0.05) is 17.0 Å². The van der Waals surface area contributed by atoms with E-state index < -0.39 is 10.0 Å². The van der Waals surface area contributed by atoms with Crippen LogP contribution in [0.5, 0.6) is 0 Å². The van der Waals surface area contributed by atoms with Crippen LogP contribution < -0.4 is 10.2 Å². The average molecular weight is 364 g/mol. The number of halogens is 1. The maximum absolute atomic E-state index is 13.2. The minimum atomic E-state index is -3.75. The molecule has 1 aliphatic carbocycles. The first-order chi connectivity index (χ1) is 11.9.